The highest BCUT2D eigenvalue weighted by Crippen LogP contribution is 2.36. The number of hydrogen-bond donors (Lipinski definition) is 0. The van der Waals surface area contributed by atoms with Crippen LogP contribution in [0.15, 0.2) is 46.6 Å². The monoisotopic (exact) mass is 462 g/mol. The number of hydrogen-bond acceptors (Lipinski definition) is 5. The average molecular weight is 463 g/mol. The largest absolute Gasteiger partial charge is 0.319 e. The van der Waals surface area contributed by atoms with Crippen molar-refractivity contribution in [2.24, 2.45) is 0 Å². The molecule has 0 saturated carbocycles. The highest BCUT2D eigenvalue weighted by Gasteiger charge is 2.24. The molecule has 0 saturated heterocycles. The highest BCUT2D eigenvalue weighted by atomic mass is 32.2. The molecule has 5 nitrogen and oxygen atoms in total. The molecule has 0 radical (unpaired) electrons. The summed E-state index contributed by atoms with van der Waals surface area (Å²) in [5.74, 6) is -0.333. The Morgan fingerprint density at radius 3 is 2.81 bits per heavy atom. The van der Waals surface area contributed by atoms with Crippen LogP contribution in [-0.4, -0.2) is 19.1 Å². The first-order valence-corrected chi connectivity index (χ1v) is 11.6. The maximum atomic E-state index is 14.7. The van der Waals surface area contributed by atoms with Gasteiger partial charge < -0.3 is 0 Å². The lowest BCUT2D eigenvalue weighted by Gasteiger charge is -2.14. The van der Waals surface area contributed by atoms with E-state index in [-0.39, 0.29) is 28.0 Å². The molecule has 0 amide bonds. The zero-order valence-electron chi connectivity index (χ0n) is 16.2. The number of alkyl halides is 2. The van der Waals surface area contributed by atoms with Crippen molar-refractivity contribution in [2.75, 3.05) is 0 Å². The third-order valence-corrected chi connectivity index (χ3v) is 7.46. The number of thioether (sulfide) groups is 1. The van der Waals surface area contributed by atoms with Gasteiger partial charge >= 0.3 is 6.55 Å². The van der Waals surface area contributed by atoms with Gasteiger partial charge in [0.2, 0.25) is 0 Å². The number of aryl methyl sites for hydroxylation is 2. The molecule has 1 aromatic carbocycles. The molecule has 1 aliphatic carbocycles. The molecule has 160 valence electrons. The van der Waals surface area contributed by atoms with E-state index >= 15 is 0 Å². The summed E-state index contributed by atoms with van der Waals surface area (Å²) in [6.07, 6.45) is 6.29. The van der Waals surface area contributed by atoms with Crippen LogP contribution in [-0.2, 0) is 18.6 Å². The number of aromatic nitrogens is 4. The minimum atomic E-state index is -2.72. The lowest BCUT2D eigenvalue weighted by atomic mass is 9.97. The molecule has 10 heteroatoms. The second-order valence-corrected chi connectivity index (χ2v) is 9.22. The number of nitrogens with zero attached hydrogens (tertiary/aromatic N) is 4. The van der Waals surface area contributed by atoms with Crippen LogP contribution in [0.2, 0.25) is 0 Å². The van der Waals surface area contributed by atoms with Crippen molar-refractivity contribution in [1.82, 2.24) is 19.1 Å². The summed E-state index contributed by atoms with van der Waals surface area (Å²) in [5.41, 5.74) is 0.783. The molecule has 5 rings (SSSR count). The third kappa shape index (κ3) is 3.57. The predicted molar refractivity (Wildman–Crippen MR) is 115 cm³/mol. The molecule has 4 aromatic rings. The first-order valence-electron chi connectivity index (χ1n) is 9.79. The molecule has 31 heavy (non-hydrogen) atoms. The van der Waals surface area contributed by atoms with Gasteiger partial charge in [-0.15, -0.1) is 11.3 Å². The molecule has 0 N–H and O–H groups in total. The molecule has 0 fully saturated rings. The molecule has 0 atom stereocenters. The maximum Gasteiger partial charge on any atom is 0.319 e. The number of rotatable bonds is 5. The zero-order valence-corrected chi connectivity index (χ0v) is 17.9. The summed E-state index contributed by atoms with van der Waals surface area (Å²) >= 11 is 2.59. The van der Waals surface area contributed by atoms with E-state index < -0.39 is 12.4 Å². The van der Waals surface area contributed by atoms with E-state index in [9.17, 15) is 18.0 Å². The SMILES string of the molecule is O=c1c2c3c(sc2nc(SCc2nccn2C(F)F)n1-c1ccccc1F)CCCC3. The lowest BCUT2D eigenvalue weighted by Crippen LogP contribution is -2.23. The summed E-state index contributed by atoms with van der Waals surface area (Å²) < 4.78 is 43.1. The fourth-order valence-corrected chi connectivity index (χ4v) is 6.15. The Morgan fingerprint density at radius 1 is 1.19 bits per heavy atom. The van der Waals surface area contributed by atoms with Crippen LogP contribution in [0.4, 0.5) is 13.2 Å². The molecular formula is C21H17F3N4OS2. The third-order valence-electron chi connectivity index (χ3n) is 5.34. The smallest absolute Gasteiger partial charge is 0.277 e. The maximum absolute atomic E-state index is 14.7. The number of thiophene rings is 1. The van der Waals surface area contributed by atoms with Crippen molar-refractivity contribution in [1.29, 1.82) is 0 Å². The molecule has 1 aliphatic rings. The van der Waals surface area contributed by atoms with E-state index in [0.717, 1.165) is 52.5 Å². The van der Waals surface area contributed by atoms with E-state index in [2.05, 4.69) is 9.97 Å². The highest BCUT2D eigenvalue weighted by molar-refractivity contribution is 7.98. The molecular weight excluding hydrogens is 445 g/mol. The predicted octanol–water partition coefficient (Wildman–Crippen LogP) is 5.35. The topological polar surface area (TPSA) is 52.7 Å². The number of fused-ring (bicyclic) bond motifs is 3. The number of halogens is 3. The average Bonchev–Trinajstić information content (AvgIpc) is 3.37. The van der Waals surface area contributed by atoms with Gasteiger partial charge in [-0.3, -0.25) is 13.9 Å². The zero-order chi connectivity index (χ0) is 21.5. The Morgan fingerprint density at radius 2 is 2.00 bits per heavy atom. The van der Waals surface area contributed by atoms with Gasteiger partial charge in [-0.1, -0.05) is 23.9 Å². The van der Waals surface area contributed by atoms with Crippen molar-refractivity contribution in [3.8, 4) is 5.69 Å². The van der Waals surface area contributed by atoms with Crippen LogP contribution in [0.1, 0.15) is 35.7 Å². The second kappa shape index (κ2) is 8.16. The Hall–Kier alpha value is -2.59. The van der Waals surface area contributed by atoms with E-state index in [4.69, 9.17) is 0 Å². The van der Waals surface area contributed by atoms with Crippen molar-refractivity contribution >= 4 is 33.3 Å². The first-order chi connectivity index (χ1) is 15.0. The second-order valence-electron chi connectivity index (χ2n) is 7.19. The standard InChI is InChI=1S/C21H17F3N4OS2/c22-13-6-2-3-7-14(13)28-19(29)17-12-5-1-4-8-15(12)31-18(17)26-21(28)30-11-16-25-9-10-27(16)20(23)24/h2-3,6-7,9-10,20H,1,4-5,8,11H2. The van der Waals surface area contributed by atoms with E-state index in [0.29, 0.717) is 10.2 Å². The van der Waals surface area contributed by atoms with Crippen LogP contribution in [0, 0.1) is 5.82 Å². The number of para-hydroxylation sites is 1. The van der Waals surface area contributed by atoms with Crippen molar-refractivity contribution in [3.63, 3.8) is 0 Å². The van der Waals surface area contributed by atoms with Gasteiger partial charge in [-0.05, 0) is 43.4 Å². The Balaban J connectivity index is 1.67. The molecule has 0 aliphatic heterocycles. The summed E-state index contributed by atoms with van der Waals surface area (Å²) in [7, 11) is 0. The first kappa shape index (κ1) is 20.3. The molecule has 0 unspecified atom stereocenters. The normalized spacial score (nSPS) is 13.8. The molecule has 0 bridgehead atoms. The van der Waals surface area contributed by atoms with Gasteiger partial charge in [0.05, 0.1) is 16.8 Å². The summed E-state index contributed by atoms with van der Waals surface area (Å²) in [6, 6.07) is 6.00. The Kier molecular flexibility index (Phi) is 5.35. The van der Waals surface area contributed by atoms with Gasteiger partial charge in [0.1, 0.15) is 16.5 Å². The Bertz CT molecular complexity index is 1330. The van der Waals surface area contributed by atoms with Crippen molar-refractivity contribution < 1.29 is 13.2 Å². The quantitative estimate of drug-likeness (QED) is 0.296. The summed E-state index contributed by atoms with van der Waals surface area (Å²) in [5, 5.41) is 0.798. The van der Waals surface area contributed by atoms with Crippen LogP contribution < -0.4 is 5.56 Å². The van der Waals surface area contributed by atoms with Gasteiger partial charge in [-0.25, -0.2) is 14.4 Å². The minimum Gasteiger partial charge on any atom is -0.277 e. The Labute approximate surface area is 183 Å². The van der Waals surface area contributed by atoms with E-state index in [1.54, 1.807) is 12.1 Å². The van der Waals surface area contributed by atoms with Gasteiger partial charge in [0, 0.05) is 17.3 Å². The van der Waals surface area contributed by atoms with Crippen molar-refractivity contribution in [3.05, 3.63) is 69.1 Å². The van der Waals surface area contributed by atoms with Gasteiger partial charge in [0.15, 0.2) is 5.16 Å². The fourth-order valence-electron chi connectivity index (χ4n) is 3.89. The van der Waals surface area contributed by atoms with Crippen LogP contribution in [0.25, 0.3) is 15.9 Å². The summed E-state index contributed by atoms with van der Waals surface area (Å²) in [6.45, 7) is -2.72. The van der Waals surface area contributed by atoms with Crippen molar-refractivity contribution in [2.45, 2.75) is 43.1 Å². The van der Waals surface area contributed by atoms with Crippen LogP contribution in [0.3, 0.4) is 0 Å². The van der Waals surface area contributed by atoms with Gasteiger partial charge in [-0.2, -0.15) is 8.78 Å². The molecule has 3 heterocycles. The van der Waals surface area contributed by atoms with E-state index in [1.807, 2.05) is 0 Å². The van der Waals surface area contributed by atoms with Crippen LogP contribution >= 0.6 is 23.1 Å². The molecule has 3 aromatic heterocycles. The lowest BCUT2D eigenvalue weighted by molar-refractivity contribution is 0.0678. The minimum absolute atomic E-state index is 0.0643. The van der Waals surface area contributed by atoms with Crippen LogP contribution in [0.5, 0.6) is 0 Å². The van der Waals surface area contributed by atoms with Gasteiger partial charge in [0.25, 0.3) is 5.56 Å². The number of benzene rings is 1. The summed E-state index contributed by atoms with van der Waals surface area (Å²) in [4.78, 5) is 24.0. The number of imidazole rings is 1. The van der Waals surface area contributed by atoms with E-state index in [1.165, 1.54) is 40.4 Å². The fraction of sp³-hybridized carbons (Fsp3) is 0.286. The molecule has 0 spiro atoms.